The second-order valence-corrected chi connectivity index (χ2v) is 0.947. The summed E-state index contributed by atoms with van der Waals surface area (Å²) in [5.74, 6) is 0. The maximum absolute atomic E-state index is 3.50. The molecule has 0 saturated carbocycles. The topological polar surface area (TPSA) is 26.1 Å². The van der Waals surface area contributed by atoms with Gasteiger partial charge >= 0.3 is 23.1 Å². The van der Waals surface area contributed by atoms with Crippen LogP contribution >= 0.6 is 0 Å². The molecule has 48 valence electrons. The van der Waals surface area contributed by atoms with Gasteiger partial charge in [0.2, 0.25) is 0 Å². The van der Waals surface area contributed by atoms with Crippen molar-refractivity contribution in [3.63, 3.8) is 0 Å². The fraction of sp³-hybridized carbons (Fsp3) is 1.00. The minimum Gasteiger partial charge on any atom is -1.00 e. The zero-order valence-corrected chi connectivity index (χ0v) is 9.03. The van der Waals surface area contributed by atoms with Gasteiger partial charge in [0.1, 0.15) is 0 Å². The Balaban J connectivity index is -0.0000000160. The first-order valence-corrected chi connectivity index (χ1v) is 1.89. The number of halogens is 1. The van der Waals surface area contributed by atoms with E-state index < -0.39 is 0 Å². The van der Waals surface area contributed by atoms with Gasteiger partial charge in [0.15, 0.2) is 0 Å². The van der Waals surface area contributed by atoms with E-state index in [1.165, 1.54) is 0 Å². The van der Waals surface area contributed by atoms with E-state index in [0.29, 0.717) is 0 Å². The maximum atomic E-state index is 3.50. The monoisotopic (exact) mass is 192 g/mol. The first-order chi connectivity index (χ1) is 2.83. The molecule has 0 atom stereocenters. The molecule has 0 aliphatic heterocycles. The van der Waals surface area contributed by atoms with Crippen molar-refractivity contribution in [1.82, 2.24) is 5.32 Å². The van der Waals surface area contributed by atoms with Crippen LogP contribution in [0.3, 0.4) is 0 Å². The van der Waals surface area contributed by atoms with E-state index in [1.807, 2.05) is 14.1 Å². The van der Waals surface area contributed by atoms with Crippen molar-refractivity contribution in [3.05, 3.63) is 5.32 Å². The fourth-order valence-corrected chi connectivity index (χ4v) is 0. The molecule has 0 rings (SSSR count). The molecule has 0 aromatic rings. The van der Waals surface area contributed by atoms with Gasteiger partial charge in [-0.2, -0.15) is 14.1 Å². The molecule has 0 aliphatic carbocycles. The van der Waals surface area contributed by atoms with Crippen LogP contribution in [0.1, 0.15) is 0 Å². The molecule has 0 spiro atoms. The van der Waals surface area contributed by atoms with Crippen LogP contribution in [0.5, 0.6) is 0 Å². The number of rotatable bonds is 0. The molecule has 0 aromatic carbocycles. The van der Waals surface area contributed by atoms with Crippen molar-refractivity contribution < 1.29 is 17.0 Å². The van der Waals surface area contributed by atoms with E-state index in [-0.39, 0.29) is 40.0 Å². The quantitative estimate of drug-likeness (QED) is 0.410. The third-order valence-electron chi connectivity index (χ3n) is 0. The number of nitrogens with one attached hydrogen (secondary N) is 1. The number of nitrogens with zero attached hydrogens (tertiary/aromatic N) is 1. The van der Waals surface area contributed by atoms with E-state index in [0.717, 1.165) is 0 Å². The van der Waals surface area contributed by atoms with Gasteiger partial charge in [-0.15, -0.1) is 0 Å². The van der Waals surface area contributed by atoms with Crippen molar-refractivity contribution in [1.29, 1.82) is 0 Å². The van der Waals surface area contributed by atoms with Gasteiger partial charge in [0.05, 0.1) is 0 Å². The summed E-state index contributed by atoms with van der Waals surface area (Å²) >= 11 is 0. The van der Waals surface area contributed by atoms with Gasteiger partial charge in [-0.25, -0.2) is 0 Å². The minimum absolute atomic E-state index is 0. The van der Waals surface area contributed by atoms with E-state index in [9.17, 15) is 0 Å². The Labute approximate surface area is 78.7 Å². The summed E-state index contributed by atoms with van der Waals surface area (Å²) in [6.07, 6.45) is 0. The number of hydrogen-bond donors (Lipinski definition) is 1. The second kappa shape index (κ2) is 41.8. The van der Waals surface area contributed by atoms with Crippen molar-refractivity contribution in [2.45, 2.75) is 0 Å². The van der Waals surface area contributed by atoms with Gasteiger partial charge < -0.3 is 27.6 Å². The van der Waals surface area contributed by atoms with Crippen molar-refractivity contribution in [2.24, 2.45) is 0 Å². The zero-order valence-electron chi connectivity index (χ0n) is 6.03. The van der Waals surface area contributed by atoms with Crippen LogP contribution in [0.25, 0.3) is 5.32 Å². The van der Waals surface area contributed by atoms with E-state index in [2.05, 4.69) is 10.6 Å². The van der Waals surface area contributed by atoms with Crippen LogP contribution < -0.4 is 22.3 Å². The third-order valence-corrected chi connectivity index (χ3v) is 0. The maximum Gasteiger partial charge on any atom is 2.00 e. The molecule has 8 heavy (non-hydrogen) atoms. The Morgan fingerprint density at radius 3 is 1.12 bits per heavy atom. The molecule has 1 N–H and O–H groups in total. The van der Waals surface area contributed by atoms with Gasteiger partial charge in [-0.1, -0.05) is 0 Å². The van der Waals surface area contributed by atoms with Crippen LogP contribution in [0.15, 0.2) is 0 Å². The van der Waals surface area contributed by atoms with Gasteiger partial charge in [-0.05, 0) is 14.1 Å². The summed E-state index contributed by atoms with van der Waals surface area (Å²) in [5, 5.41) is 6.25. The minimum atomic E-state index is 0. The number of hydrogen-bond acceptors (Lipinski definition) is 1. The third kappa shape index (κ3) is 200. The molecular weight excluding hydrogens is 180 g/mol. The first kappa shape index (κ1) is 22.9. The average molecular weight is 193 g/mol. The standard InChI is InChI=1S/C2H7N.C2H6N.BrH.Mg/c2*1-3-2;;/h3H,1-2H3;1-2H3;1H;/q;-1;;+2/p-1. The SMILES string of the molecule is CNC.C[N-]C.[Br-].[Mg+2]. The zero-order chi connectivity index (χ0) is 5.41. The van der Waals surface area contributed by atoms with E-state index >= 15 is 0 Å². The predicted octanol–water partition coefficient (Wildman–Crippen LogP) is -2.92. The molecule has 0 aromatic heterocycles. The average Bonchev–Trinajstić information content (AvgIpc) is 1.39. The van der Waals surface area contributed by atoms with Gasteiger partial charge in [0.25, 0.3) is 0 Å². The summed E-state index contributed by atoms with van der Waals surface area (Å²) in [7, 11) is 7.25. The summed E-state index contributed by atoms with van der Waals surface area (Å²) in [4.78, 5) is 0. The van der Waals surface area contributed by atoms with E-state index in [1.54, 1.807) is 14.1 Å². The molecule has 0 heterocycles. The molecular formula is C4H13BrMgN2. The second-order valence-electron chi connectivity index (χ2n) is 0.947. The van der Waals surface area contributed by atoms with Crippen LogP contribution in [-0.4, -0.2) is 51.2 Å². The van der Waals surface area contributed by atoms with Crippen molar-refractivity contribution in [2.75, 3.05) is 28.2 Å². The largest absolute Gasteiger partial charge is 2.00 e. The fourth-order valence-electron chi connectivity index (χ4n) is 0. The Morgan fingerprint density at radius 2 is 1.12 bits per heavy atom. The molecule has 0 bridgehead atoms. The normalized spacial score (nSPS) is 4.50. The molecule has 2 nitrogen and oxygen atoms in total. The van der Waals surface area contributed by atoms with Gasteiger partial charge in [0, 0.05) is 0 Å². The first-order valence-electron chi connectivity index (χ1n) is 1.89. The molecule has 0 unspecified atom stereocenters. The molecule has 0 aliphatic rings. The molecule has 0 amide bonds. The Kier molecular flexibility index (Phi) is 120. The van der Waals surface area contributed by atoms with Crippen molar-refractivity contribution in [3.8, 4) is 0 Å². The summed E-state index contributed by atoms with van der Waals surface area (Å²) in [6, 6.07) is 0. The summed E-state index contributed by atoms with van der Waals surface area (Å²) < 4.78 is 0. The van der Waals surface area contributed by atoms with Crippen LogP contribution in [0.4, 0.5) is 0 Å². The molecule has 0 fully saturated rings. The summed E-state index contributed by atoms with van der Waals surface area (Å²) in [5.41, 5.74) is 0. The van der Waals surface area contributed by atoms with Crippen LogP contribution in [-0.2, 0) is 0 Å². The van der Waals surface area contributed by atoms with Crippen molar-refractivity contribution >= 4 is 23.1 Å². The Morgan fingerprint density at radius 1 is 1.12 bits per heavy atom. The van der Waals surface area contributed by atoms with Gasteiger partial charge in [-0.3, -0.25) is 0 Å². The Bertz CT molecular complexity index is 16.0. The van der Waals surface area contributed by atoms with Crippen LogP contribution in [0.2, 0.25) is 0 Å². The molecule has 4 heteroatoms. The van der Waals surface area contributed by atoms with Crippen LogP contribution in [0, 0.1) is 0 Å². The predicted molar refractivity (Wildman–Crippen MR) is 35.9 cm³/mol. The molecule has 0 saturated heterocycles. The van der Waals surface area contributed by atoms with E-state index in [4.69, 9.17) is 0 Å². The smallest absolute Gasteiger partial charge is 1.00 e. The summed E-state index contributed by atoms with van der Waals surface area (Å²) in [6.45, 7) is 0. The Hall–Kier alpha value is 1.17. The molecule has 0 radical (unpaired) electrons.